The molecule has 3 nitrogen and oxygen atoms in total. The Morgan fingerprint density at radius 2 is 2.53 bits per heavy atom. The van der Waals surface area contributed by atoms with Crippen LogP contribution in [0.5, 0.6) is 0 Å². The molecule has 0 aliphatic heterocycles. The second-order valence-corrected chi connectivity index (χ2v) is 5.41. The maximum atomic E-state index is 11.0. The van der Waals surface area contributed by atoms with Crippen molar-refractivity contribution < 1.29 is 9.90 Å². The molecular formula is C9H11NO2S3. The van der Waals surface area contributed by atoms with Crippen LogP contribution in [0.4, 0.5) is 0 Å². The Balaban J connectivity index is 2.68. The summed E-state index contributed by atoms with van der Waals surface area (Å²) >= 11 is 7.92. The first-order valence-electron chi connectivity index (χ1n) is 4.33. The molecule has 0 saturated carbocycles. The number of hydrogen-bond acceptors (Lipinski definition) is 4. The van der Waals surface area contributed by atoms with E-state index in [2.05, 4.69) is 5.32 Å². The molecule has 0 radical (unpaired) electrons. The Morgan fingerprint density at radius 3 is 3.00 bits per heavy atom. The zero-order valence-corrected chi connectivity index (χ0v) is 10.5. The minimum atomic E-state index is -0.910. The maximum Gasteiger partial charge on any atom is 0.330 e. The van der Waals surface area contributed by atoms with Crippen molar-refractivity contribution in [2.24, 2.45) is 0 Å². The summed E-state index contributed by atoms with van der Waals surface area (Å²) in [5.41, 5.74) is 0.742. The van der Waals surface area contributed by atoms with Gasteiger partial charge in [0.15, 0.2) is 6.04 Å². The van der Waals surface area contributed by atoms with Crippen LogP contribution in [0.1, 0.15) is 18.5 Å². The molecule has 0 amide bonds. The topological polar surface area (TPSA) is 49.3 Å². The Morgan fingerprint density at radius 1 is 1.80 bits per heavy atom. The van der Waals surface area contributed by atoms with Crippen LogP contribution in [-0.2, 0) is 4.79 Å². The van der Waals surface area contributed by atoms with Crippen LogP contribution in [0.15, 0.2) is 16.8 Å². The van der Waals surface area contributed by atoms with E-state index in [9.17, 15) is 4.79 Å². The van der Waals surface area contributed by atoms with E-state index in [1.54, 1.807) is 6.07 Å². The number of carbonyl (C=O) groups is 1. The van der Waals surface area contributed by atoms with Gasteiger partial charge in [0.1, 0.15) is 4.32 Å². The maximum absolute atomic E-state index is 11.0. The number of thioether (sulfide) groups is 1. The van der Waals surface area contributed by atoms with Gasteiger partial charge in [0.2, 0.25) is 0 Å². The molecule has 6 heteroatoms. The Kier molecular flexibility index (Phi) is 5.07. The highest BCUT2D eigenvalue weighted by molar-refractivity contribution is 8.22. The first-order valence-corrected chi connectivity index (χ1v) is 6.67. The van der Waals surface area contributed by atoms with Crippen LogP contribution in [0.3, 0.4) is 0 Å². The Labute approximate surface area is 102 Å². The van der Waals surface area contributed by atoms with E-state index in [1.807, 2.05) is 17.7 Å². The van der Waals surface area contributed by atoms with E-state index in [0.29, 0.717) is 4.32 Å². The number of aliphatic carboxylic acids is 1. The molecular weight excluding hydrogens is 250 g/mol. The summed E-state index contributed by atoms with van der Waals surface area (Å²) in [4.78, 5) is 11.0. The zero-order chi connectivity index (χ0) is 11.3. The van der Waals surface area contributed by atoms with Crippen LogP contribution < -0.4 is 5.32 Å². The molecule has 0 aliphatic rings. The highest BCUT2D eigenvalue weighted by Crippen LogP contribution is 2.18. The van der Waals surface area contributed by atoms with Crippen molar-refractivity contribution in [3.05, 3.63) is 22.4 Å². The molecule has 0 aromatic carbocycles. The third kappa shape index (κ3) is 3.81. The van der Waals surface area contributed by atoms with E-state index in [4.69, 9.17) is 17.3 Å². The van der Waals surface area contributed by atoms with Crippen LogP contribution in [0.2, 0.25) is 0 Å². The first-order chi connectivity index (χ1) is 7.15. The summed E-state index contributed by atoms with van der Waals surface area (Å²) in [6.45, 7) is 1.97. The van der Waals surface area contributed by atoms with Gasteiger partial charge in [-0.05, 0) is 28.1 Å². The monoisotopic (exact) mass is 261 g/mol. The molecule has 0 fully saturated rings. The van der Waals surface area contributed by atoms with Gasteiger partial charge in [-0.25, -0.2) is 4.79 Å². The van der Waals surface area contributed by atoms with Gasteiger partial charge in [-0.1, -0.05) is 30.9 Å². The predicted octanol–water partition coefficient (Wildman–Crippen LogP) is 2.50. The quantitative estimate of drug-likeness (QED) is 0.816. The van der Waals surface area contributed by atoms with Crippen molar-refractivity contribution in [1.82, 2.24) is 5.32 Å². The molecule has 15 heavy (non-hydrogen) atoms. The van der Waals surface area contributed by atoms with Gasteiger partial charge in [-0.3, -0.25) is 0 Å². The SMILES string of the molecule is CCSC(=S)NC(C(=O)O)c1ccsc1. The van der Waals surface area contributed by atoms with Crippen molar-refractivity contribution in [3.8, 4) is 0 Å². The summed E-state index contributed by atoms with van der Waals surface area (Å²) in [6, 6.07) is 1.05. The van der Waals surface area contributed by atoms with Crippen molar-refractivity contribution in [1.29, 1.82) is 0 Å². The standard InChI is InChI=1S/C9H11NO2S3/c1-2-15-9(13)10-7(8(11)12)6-3-4-14-5-6/h3-5,7H,2H2,1H3,(H,10,13)(H,11,12). The average molecular weight is 261 g/mol. The summed E-state index contributed by atoms with van der Waals surface area (Å²) < 4.78 is 0.524. The summed E-state index contributed by atoms with van der Waals surface area (Å²) in [5, 5.41) is 15.5. The summed E-state index contributed by atoms with van der Waals surface area (Å²) in [7, 11) is 0. The molecule has 1 rings (SSSR count). The largest absolute Gasteiger partial charge is 0.479 e. The fourth-order valence-corrected chi connectivity index (χ4v) is 2.64. The third-order valence-electron chi connectivity index (χ3n) is 1.66. The van der Waals surface area contributed by atoms with Gasteiger partial charge in [-0.15, -0.1) is 0 Å². The van der Waals surface area contributed by atoms with E-state index in [1.165, 1.54) is 23.1 Å². The molecule has 1 aromatic heterocycles. The molecule has 2 N–H and O–H groups in total. The van der Waals surface area contributed by atoms with Crippen LogP contribution in [0, 0.1) is 0 Å². The lowest BCUT2D eigenvalue weighted by Gasteiger charge is -2.14. The summed E-state index contributed by atoms with van der Waals surface area (Å²) in [6.07, 6.45) is 0. The van der Waals surface area contributed by atoms with E-state index < -0.39 is 12.0 Å². The Bertz CT molecular complexity index is 337. The fraction of sp³-hybridized carbons (Fsp3) is 0.333. The van der Waals surface area contributed by atoms with Gasteiger partial charge >= 0.3 is 5.97 Å². The average Bonchev–Trinajstić information content (AvgIpc) is 2.66. The van der Waals surface area contributed by atoms with E-state index >= 15 is 0 Å². The number of nitrogens with one attached hydrogen (secondary N) is 1. The molecule has 0 saturated heterocycles. The minimum Gasteiger partial charge on any atom is -0.479 e. The lowest BCUT2D eigenvalue weighted by atomic mass is 10.1. The second kappa shape index (κ2) is 6.09. The molecule has 0 bridgehead atoms. The lowest BCUT2D eigenvalue weighted by molar-refractivity contribution is -0.139. The molecule has 0 spiro atoms. The van der Waals surface area contributed by atoms with Crippen LogP contribution in [0.25, 0.3) is 0 Å². The van der Waals surface area contributed by atoms with Gasteiger partial charge in [0.05, 0.1) is 0 Å². The normalized spacial score (nSPS) is 12.1. The molecule has 1 unspecified atom stereocenters. The highest BCUT2D eigenvalue weighted by atomic mass is 32.2. The molecule has 82 valence electrons. The smallest absolute Gasteiger partial charge is 0.330 e. The molecule has 1 heterocycles. The van der Waals surface area contributed by atoms with Gasteiger partial charge in [0.25, 0.3) is 0 Å². The summed E-state index contributed by atoms with van der Waals surface area (Å²) in [5.74, 6) is -0.0746. The molecule has 1 atom stereocenters. The number of thiophene rings is 1. The van der Waals surface area contributed by atoms with Crippen LogP contribution in [-0.4, -0.2) is 21.1 Å². The van der Waals surface area contributed by atoms with Crippen molar-refractivity contribution >= 4 is 45.6 Å². The number of carboxylic acids is 1. The van der Waals surface area contributed by atoms with Crippen molar-refractivity contribution in [2.75, 3.05) is 5.75 Å². The third-order valence-corrected chi connectivity index (χ3v) is 3.50. The fourth-order valence-electron chi connectivity index (χ4n) is 1.02. The number of hydrogen-bond donors (Lipinski definition) is 2. The van der Waals surface area contributed by atoms with Crippen molar-refractivity contribution in [3.63, 3.8) is 0 Å². The molecule has 0 aliphatic carbocycles. The first kappa shape index (κ1) is 12.5. The van der Waals surface area contributed by atoms with Crippen LogP contribution >= 0.6 is 35.3 Å². The predicted molar refractivity (Wildman–Crippen MR) is 68.6 cm³/mol. The lowest BCUT2D eigenvalue weighted by Crippen LogP contribution is -2.30. The van der Waals surface area contributed by atoms with E-state index in [0.717, 1.165) is 11.3 Å². The van der Waals surface area contributed by atoms with Gasteiger partial charge < -0.3 is 10.4 Å². The second-order valence-electron chi connectivity index (χ2n) is 2.69. The minimum absolute atomic E-state index is 0.524. The van der Waals surface area contributed by atoms with Crippen molar-refractivity contribution in [2.45, 2.75) is 13.0 Å². The zero-order valence-electron chi connectivity index (χ0n) is 8.10. The number of rotatable bonds is 4. The van der Waals surface area contributed by atoms with Gasteiger partial charge in [-0.2, -0.15) is 11.3 Å². The Hall–Kier alpha value is -0.590. The van der Waals surface area contributed by atoms with E-state index in [-0.39, 0.29) is 0 Å². The molecule has 1 aromatic rings. The van der Waals surface area contributed by atoms with Gasteiger partial charge in [0, 0.05) is 0 Å². The number of carboxylic acid groups (broad SMARTS) is 1. The highest BCUT2D eigenvalue weighted by Gasteiger charge is 2.20. The number of thiocarbonyl (C=S) groups is 1.